The average molecular weight is 291 g/mol. The summed E-state index contributed by atoms with van der Waals surface area (Å²) in [6.07, 6.45) is 3.48. The second-order valence-corrected chi connectivity index (χ2v) is 5.14. The second-order valence-electron chi connectivity index (χ2n) is 5.14. The maximum absolute atomic E-state index is 13.4. The number of benzene rings is 1. The first-order valence-corrected chi connectivity index (χ1v) is 6.76. The minimum atomic E-state index is -1.07. The molecule has 2 aromatic rings. The van der Waals surface area contributed by atoms with Crippen LogP contribution < -0.4 is 5.73 Å². The van der Waals surface area contributed by atoms with Gasteiger partial charge in [-0.25, -0.2) is 8.78 Å². The smallest absolute Gasteiger partial charge is 0.256 e. The van der Waals surface area contributed by atoms with Gasteiger partial charge in [0, 0.05) is 30.2 Å². The number of halogens is 2. The molecule has 1 aliphatic heterocycles. The summed E-state index contributed by atoms with van der Waals surface area (Å²) in [4.78, 5) is 17.3. The number of anilines is 1. The van der Waals surface area contributed by atoms with Crippen molar-refractivity contribution in [2.24, 2.45) is 0 Å². The third-order valence-electron chi connectivity index (χ3n) is 3.82. The lowest BCUT2D eigenvalue weighted by atomic mass is 10.1. The first-order chi connectivity index (χ1) is 10.1. The van der Waals surface area contributed by atoms with Crippen molar-refractivity contribution in [3.05, 3.63) is 53.4 Å². The molecule has 1 aromatic heterocycles. The van der Waals surface area contributed by atoms with Gasteiger partial charge in [-0.2, -0.15) is 0 Å². The van der Waals surface area contributed by atoms with Gasteiger partial charge < -0.3 is 15.6 Å². The highest BCUT2D eigenvalue weighted by molar-refractivity contribution is 5.99. The summed E-state index contributed by atoms with van der Waals surface area (Å²) >= 11 is 0. The van der Waals surface area contributed by atoms with Crippen LogP contribution in [0, 0.1) is 11.6 Å². The molecular weight excluding hydrogens is 276 g/mol. The number of rotatable bonds is 2. The molecule has 3 N–H and O–H groups in total. The zero-order valence-corrected chi connectivity index (χ0v) is 11.3. The van der Waals surface area contributed by atoms with E-state index >= 15 is 0 Å². The normalized spacial score (nSPS) is 18.2. The zero-order chi connectivity index (χ0) is 15.0. The fourth-order valence-corrected chi connectivity index (χ4v) is 2.79. The van der Waals surface area contributed by atoms with Crippen LogP contribution in [0.4, 0.5) is 14.5 Å². The van der Waals surface area contributed by atoms with E-state index in [1.54, 1.807) is 11.1 Å². The Morgan fingerprint density at radius 3 is 2.81 bits per heavy atom. The molecule has 0 spiro atoms. The summed E-state index contributed by atoms with van der Waals surface area (Å²) in [5.74, 6) is -2.49. The number of H-pyrrole nitrogens is 1. The molecule has 110 valence electrons. The third kappa shape index (κ3) is 2.37. The van der Waals surface area contributed by atoms with Gasteiger partial charge >= 0.3 is 0 Å². The molecule has 0 radical (unpaired) electrons. The maximum Gasteiger partial charge on any atom is 0.256 e. The topological polar surface area (TPSA) is 62.1 Å². The number of nitrogen functional groups attached to an aromatic ring is 1. The monoisotopic (exact) mass is 291 g/mol. The molecule has 1 atom stereocenters. The van der Waals surface area contributed by atoms with E-state index < -0.39 is 11.6 Å². The first-order valence-electron chi connectivity index (χ1n) is 6.76. The van der Waals surface area contributed by atoms with E-state index in [1.165, 1.54) is 0 Å². The van der Waals surface area contributed by atoms with Gasteiger partial charge in [0.15, 0.2) is 11.6 Å². The third-order valence-corrected chi connectivity index (χ3v) is 3.82. The van der Waals surface area contributed by atoms with E-state index in [4.69, 9.17) is 5.73 Å². The number of carbonyl (C=O) groups is 1. The van der Waals surface area contributed by atoms with E-state index in [0.717, 1.165) is 30.7 Å². The number of nitrogens with one attached hydrogen (secondary N) is 1. The lowest BCUT2D eigenvalue weighted by Crippen LogP contribution is -2.31. The highest BCUT2D eigenvalue weighted by atomic mass is 19.2. The van der Waals surface area contributed by atoms with Gasteiger partial charge in [0.25, 0.3) is 5.91 Å². The SMILES string of the molecule is Nc1cc(F)c(F)cc1C(=O)N1CCCC1c1ccc[nH]1. The molecule has 0 saturated carbocycles. The molecule has 0 aliphatic carbocycles. The summed E-state index contributed by atoms with van der Waals surface area (Å²) in [6.45, 7) is 0.570. The van der Waals surface area contributed by atoms with Crippen LogP contribution in [0.3, 0.4) is 0 Å². The molecule has 1 aliphatic rings. The molecular formula is C15H15F2N3O. The number of nitrogens with zero attached hydrogens (tertiary/aromatic N) is 1. The van der Waals surface area contributed by atoms with Crippen molar-refractivity contribution < 1.29 is 13.6 Å². The fraction of sp³-hybridized carbons (Fsp3) is 0.267. The summed E-state index contributed by atoms with van der Waals surface area (Å²) in [5.41, 5.74) is 6.55. The number of aromatic amines is 1. The molecule has 1 saturated heterocycles. The number of hydrogen-bond donors (Lipinski definition) is 2. The van der Waals surface area contributed by atoms with Crippen molar-refractivity contribution in [1.82, 2.24) is 9.88 Å². The van der Waals surface area contributed by atoms with Crippen LogP contribution in [0.15, 0.2) is 30.5 Å². The predicted molar refractivity (Wildman–Crippen MR) is 74.6 cm³/mol. The highest BCUT2D eigenvalue weighted by Crippen LogP contribution is 2.33. The van der Waals surface area contributed by atoms with Crippen molar-refractivity contribution in [3.63, 3.8) is 0 Å². The number of carbonyl (C=O) groups excluding carboxylic acids is 1. The van der Waals surface area contributed by atoms with E-state index in [1.807, 2.05) is 12.1 Å². The molecule has 4 nitrogen and oxygen atoms in total. The number of hydrogen-bond acceptors (Lipinski definition) is 2. The van der Waals surface area contributed by atoms with E-state index in [-0.39, 0.29) is 23.2 Å². The Morgan fingerprint density at radius 1 is 1.33 bits per heavy atom. The van der Waals surface area contributed by atoms with Gasteiger partial charge in [-0.3, -0.25) is 4.79 Å². The van der Waals surface area contributed by atoms with Crippen molar-refractivity contribution in [3.8, 4) is 0 Å². The fourth-order valence-electron chi connectivity index (χ4n) is 2.79. The lowest BCUT2D eigenvalue weighted by Gasteiger charge is -2.24. The first kappa shape index (κ1) is 13.6. The molecule has 1 unspecified atom stereocenters. The predicted octanol–water partition coefficient (Wildman–Crippen LogP) is 2.85. The molecule has 1 amide bonds. The minimum Gasteiger partial charge on any atom is -0.398 e. The van der Waals surface area contributed by atoms with Crippen LogP contribution in [0.2, 0.25) is 0 Å². The molecule has 3 rings (SSSR count). The zero-order valence-electron chi connectivity index (χ0n) is 11.3. The summed E-state index contributed by atoms with van der Waals surface area (Å²) in [5, 5.41) is 0. The van der Waals surface area contributed by atoms with Crippen LogP contribution in [-0.4, -0.2) is 22.3 Å². The van der Waals surface area contributed by atoms with Crippen LogP contribution in [0.5, 0.6) is 0 Å². The van der Waals surface area contributed by atoms with Crippen molar-refractivity contribution in [2.45, 2.75) is 18.9 Å². The molecule has 1 fully saturated rings. The standard InChI is InChI=1S/C15H15F2N3O/c16-10-7-9(12(18)8-11(10)17)15(21)20-6-2-4-14(20)13-3-1-5-19-13/h1,3,5,7-8,14,19H,2,4,6,18H2. The highest BCUT2D eigenvalue weighted by Gasteiger charge is 2.32. The molecule has 2 heterocycles. The largest absolute Gasteiger partial charge is 0.398 e. The Bertz CT molecular complexity index is 670. The Balaban J connectivity index is 1.93. The van der Waals surface area contributed by atoms with Gasteiger partial charge in [0.05, 0.1) is 11.6 Å². The number of nitrogens with two attached hydrogens (primary N) is 1. The minimum absolute atomic E-state index is 0.00681. The van der Waals surface area contributed by atoms with Gasteiger partial charge in [-0.15, -0.1) is 0 Å². The second kappa shape index (κ2) is 5.20. The average Bonchev–Trinajstić information content (AvgIpc) is 3.11. The molecule has 6 heteroatoms. The summed E-state index contributed by atoms with van der Waals surface area (Å²) in [6, 6.07) is 5.41. The van der Waals surface area contributed by atoms with Crippen LogP contribution in [-0.2, 0) is 0 Å². The Morgan fingerprint density at radius 2 is 2.10 bits per heavy atom. The van der Waals surface area contributed by atoms with E-state index in [0.29, 0.717) is 6.54 Å². The van der Waals surface area contributed by atoms with Crippen LogP contribution >= 0.6 is 0 Å². The summed E-state index contributed by atoms with van der Waals surface area (Å²) < 4.78 is 26.5. The number of aromatic nitrogens is 1. The Kier molecular flexibility index (Phi) is 3.37. The van der Waals surface area contributed by atoms with E-state index in [9.17, 15) is 13.6 Å². The van der Waals surface area contributed by atoms with Crippen LogP contribution in [0.25, 0.3) is 0 Å². The molecule has 0 bridgehead atoms. The van der Waals surface area contributed by atoms with E-state index in [2.05, 4.69) is 4.98 Å². The molecule has 21 heavy (non-hydrogen) atoms. The Labute approximate surface area is 120 Å². The summed E-state index contributed by atoms with van der Waals surface area (Å²) in [7, 11) is 0. The van der Waals surface area contributed by atoms with Crippen molar-refractivity contribution in [1.29, 1.82) is 0 Å². The van der Waals surface area contributed by atoms with Crippen LogP contribution in [0.1, 0.15) is 34.9 Å². The van der Waals surface area contributed by atoms with Gasteiger partial charge in [-0.05, 0) is 31.0 Å². The van der Waals surface area contributed by atoms with Crippen molar-refractivity contribution in [2.75, 3.05) is 12.3 Å². The number of amides is 1. The Hall–Kier alpha value is -2.37. The maximum atomic E-state index is 13.4. The van der Waals surface area contributed by atoms with Gasteiger partial charge in [0.1, 0.15) is 0 Å². The van der Waals surface area contributed by atoms with Gasteiger partial charge in [0.2, 0.25) is 0 Å². The number of likely N-dealkylation sites (tertiary alicyclic amines) is 1. The molecule has 1 aromatic carbocycles. The lowest BCUT2D eigenvalue weighted by molar-refractivity contribution is 0.0733. The van der Waals surface area contributed by atoms with Gasteiger partial charge in [-0.1, -0.05) is 0 Å². The quantitative estimate of drug-likeness (QED) is 0.836. The van der Waals surface area contributed by atoms with Crippen molar-refractivity contribution >= 4 is 11.6 Å².